The van der Waals surface area contributed by atoms with Crippen molar-refractivity contribution in [3.05, 3.63) is 34.3 Å². The number of hydrogen-bond acceptors (Lipinski definition) is 4. The fourth-order valence-electron chi connectivity index (χ4n) is 1.90. The Kier molecular flexibility index (Phi) is 8.82. The highest BCUT2D eigenvalue weighted by molar-refractivity contribution is 9.10. The minimum Gasteiger partial charge on any atom is -0.466 e. The highest BCUT2D eigenvalue weighted by atomic mass is 79.9. The molecule has 0 bridgehead atoms. The zero-order valence-electron chi connectivity index (χ0n) is 13.1. The molecule has 0 fully saturated rings. The van der Waals surface area contributed by atoms with Crippen molar-refractivity contribution in [3.8, 4) is 0 Å². The Bertz CT molecular complexity index is 487. The van der Waals surface area contributed by atoms with Gasteiger partial charge in [0, 0.05) is 4.47 Å². The highest BCUT2D eigenvalue weighted by Crippen LogP contribution is 2.21. The minimum absolute atomic E-state index is 0.0466. The number of esters is 2. The molecule has 0 aromatic heterocycles. The predicted molar refractivity (Wildman–Crippen MR) is 88.4 cm³/mol. The summed E-state index contributed by atoms with van der Waals surface area (Å²) in [5.41, 5.74) is 0.907. The lowest BCUT2D eigenvalue weighted by Gasteiger charge is -2.13. The summed E-state index contributed by atoms with van der Waals surface area (Å²) < 4.78 is 11.3. The second-order valence-electron chi connectivity index (χ2n) is 5.11. The summed E-state index contributed by atoms with van der Waals surface area (Å²) in [5.74, 6) is -0.735. The van der Waals surface area contributed by atoms with Crippen LogP contribution in [-0.2, 0) is 19.1 Å². The lowest BCUT2D eigenvalue weighted by molar-refractivity contribution is -0.153. The first-order valence-electron chi connectivity index (χ1n) is 7.63. The second kappa shape index (κ2) is 10.4. The van der Waals surface area contributed by atoms with E-state index >= 15 is 0 Å². The third kappa shape index (κ3) is 7.59. The van der Waals surface area contributed by atoms with E-state index < -0.39 is 5.97 Å². The molecule has 0 aliphatic heterocycles. The third-order valence-electron chi connectivity index (χ3n) is 3.17. The van der Waals surface area contributed by atoms with Crippen LogP contribution in [-0.4, -0.2) is 18.5 Å². The first-order chi connectivity index (χ1) is 10.5. The van der Waals surface area contributed by atoms with Gasteiger partial charge in [0.05, 0.1) is 19.4 Å². The van der Waals surface area contributed by atoms with Crippen LogP contribution in [0.5, 0.6) is 0 Å². The SMILES string of the molecule is CCCCCOC(=O)CCC(=O)OC(C)c1cccc(Br)c1. The number of halogens is 1. The molecule has 4 nitrogen and oxygen atoms in total. The molecular weight excluding hydrogens is 348 g/mol. The maximum Gasteiger partial charge on any atom is 0.306 e. The Balaban J connectivity index is 2.26. The number of carbonyl (C=O) groups excluding carboxylic acids is 2. The molecule has 0 amide bonds. The first-order valence-corrected chi connectivity index (χ1v) is 8.42. The normalized spacial score (nSPS) is 11.8. The standard InChI is InChI=1S/C17H23BrO4/c1-3-4-5-11-21-16(19)9-10-17(20)22-13(2)14-7-6-8-15(18)12-14/h6-8,12-13H,3-5,9-11H2,1-2H3. The molecule has 0 saturated heterocycles. The van der Waals surface area contributed by atoms with Gasteiger partial charge < -0.3 is 9.47 Å². The summed E-state index contributed by atoms with van der Waals surface area (Å²) in [6.07, 6.45) is 2.76. The van der Waals surface area contributed by atoms with E-state index in [2.05, 4.69) is 22.9 Å². The zero-order valence-corrected chi connectivity index (χ0v) is 14.7. The van der Waals surface area contributed by atoms with Gasteiger partial charge in [0.25, 0.3) is 0 Å². The Hall–Kier alpha value is -1.36. The molecule has 1 rings (SSSR count). The summed E-state index contributed by atoms with van der Waals surface area (Å²) in [5, 5.41) is 0. The van der Waals surface area contributed by atoms with Gasteiger partial charge in [0.15, 0.2) is 0 Å². The smallest absolute Gasteiger partial charge is 0.306 e. The van der Waals surface area contributed by atoms with Crippen LogP contribution in [0, 0.1) is 0 Å². The van der Waals surface area contributed by atoms with Crippen molar-refractivity contribution in [2.24, 2.45) is 0 Å². The van der Waals surface area contributed by atoms with Crippen molar-refractivity contribution in [2.45, 2.75) is 52.1 Å². The molecule has 1 unspecified atom stereocenters. The van der Waals surface area contributed by atoms with Crippen molar-refractivity contribution in [1.29, 1.82) is 0 Å². The van der Waals surface area contributed by atoms with E-state index in [-0.39, 0.29) is 24.9 Å². The van der Waals surface area contributed by atoms with Gasteiger partial charge in [0.2, 0.25) is 0 Å². The van der Waals surface area contributed by atoms with Crippen molar-refractivity contribution in [3.63, 3.8) is 0 Å². The van der Waals surface area contributed by atoms with Crippen molar-refractivity contribution in [1.82, 2.24) is 0 Å². The summed E-state index contributed by atoms with van der Waals surface area (Å²) >= 11 is 3.38. The van der Waals surface area contributed by atoms with Crippen molar-refractivity contribution < 1.29 is 19.1 Å². The first kappa shape index (κ1) is 18.7. The minimum atomic E-state index is -0.391. The molecule has 0 spiro atoms. The average Bonchev–Trinajstić information content (AvgIpc) is 2.49. The van der Waals surface area contributed by atoms with E-state index in [1.807, 2.05) is 31.2 Å². The highest BCUT2D eigenvalue weighted by Gasteiger charge is 2.14. The molecule has 0 heterocycles. The third-order valence-corrected chi connectivity index (χ3v) is 3.66. The average molecular weight is 371 g/mol. The fraction of sp³-hybridized carbons (Fsp3) is 0.529. The topological polar surface area (TPSA) is 52.6 Å². The van der Waals surface area contributed by atoms with Crippen molar-refractivity contribution in [2.75, 3.05) is 6.61 Å². The van der Waals surface area contributed by atoms with E-state index in [1.54, 1.807) is 0 Å². The van der Waals surface area contributed by atoms with Gasteiger partial charge in [-0.3, -0.25) is 9.59 Å². The molecule has 5 heteroatoms. The lowest BCUT2D eigenvalue weighted by Crippen LogP contribution is -2.12. The number of rotatable bonds is 9. The van der Waals surface area contributed by atoms with Crippen LogP contribution < -0.4 is 0 Å². The van der Waals surface area contributed by atoms with Gasteiger partial charge in [-0.2, -0.15) is 0 Å². The van der Waals surface area contributed by atoms with Crippen LogP contribution in [0.2, 0.25) is 0 Å². The van der Waals surface area contributed by atoms with Crippen LogP contribution in [0.15, 0.2) is 28.7 Å². The van der Waals surface area contributed by atoms with Crippen LogP contribution >= 0.6 is 15.9 Å². The van der Waals surface area contributed by atoms with E-state index in [0.29, 0.717) is 6.61 Å². The molecule has 0 radical (unpaired) electrons. The molecule has 1 atom stereocenters. The molecule has 1 aromatic rings. The lowest BCUT2D eigenvalue weighted by atomic mass is 10.1. The molecular formula is C17H23BrO4. The van der Waals surface area contributed by atoms with Gasteiger partial charge in [-0.15, -0.1) is 0 Å². The summed E-state index contributed by atoms with van der Waals surface area (Å²) in [6, 6.07) is 7.59. The molecule has 122 valence electrons. The Morgan fingerprint density at radius 3 is 2.59 bits per heavy atom. The van der Waals surface area contributed by atoms with Crippen LogP contribution in [0.4, 0.5) is 0 Å². The van der Waals surface area contributed by atoms with Crippen molar-refractivity contribution >= 4 is 27.9 Å². The molecule has 0 aliphatic carbocycles. The van der Waals surface area contributed by atoms with Gasteiger partial charge in [-0.25, -0.2) is 0 Å². The van der Waals surface area contributed by atoms with Crippen LogP contribution in [0.1, 0.15) is 57.6 Å². The number of ether oxygens (including phenoxy) is 2. The molecule has 0 N–H and O–H groups in total. The maximum absolute atomic E-state index is 11.8. The fourth-order valence-corrected chi connectivity index (χ4v) is 2.31. The molecule has 1 aromatic carbocycles. The predicted octanol–water partition coefficient (Wildman–Crippen LogP) is 4.57. The van der Waals surface area contributed by atoms with Crippen LogP contribution in [0.25, 0.3) is 0 Å². The number of hydrogen-bond donors (Lipinski definition) is 0. The largest absolute Gasteiger partial charge is 0.466 e. The van der Waals surface area contributed by atoms with Crippen LogP contribution in [0.3, 0.4) is 0 Å². The molecule has 0 saturated carbocycles. The van der Waals surface area contributed by atoms with Gasteiger partial charge in [-0.1, -0.05) is 47.8 Å². The Morgan fingerprint density at radius 1 is 1.18 bits per heavy atom. The monoisotopic (exact) mass is 370 g/mol. The van der Waals surface area contributed by atoms with Gasteiger partial charge >= 0.3 is 11.9 Å². The van der Waals surface area contributed by atoms with Gasteiger partial charge in [0.1, 0.15) is 6.10 Å². The quantitative estimate of drug-likeness (QED) is 0.471. The van der Waals surface area contributed by atoms with E-state index in [4.69, 9.17) is 9.47 Å². The Morgan fingerprint density at radius 2 is 1.91 bits per heavy atom. The summed E-state index contributed by atoms with van der Waals surface area (Å²) in [6.45, 7) is 4.32. The number of carbonyl (C=O) groups is 2. The summed E-state index contributed by atoms with van der Waals surface area (Å²) in [7, 11) is 0. The van der Waals surface area contributed by atoms with Gasteiger partial charge in [-0.05, 0) is 31.0 Å². The maximum atomic E-state index is 11.8. The number of benzene rings is 1. The molecule has 0 aliphatic rings. The summed E-state index contributed by atoms with van der Waals surface area (Å²) in [4.78, 5) is 23.2. The van der Waals surface area contributed by atoms with E-state index in [0.717, 1.165) is 29.3 Å². The number of unbranched alkanes of at least 4 members (excludes halogenated alkanes) is 2. The zero-order chi connectivity index (χ0) is 16.4. The molecule has 22 heavy (non-hydrogen) atoms. The van der Waals surface area contributed by atoms with E-state index in [1.165, 1.54) is 0 Å². The second-order valence-corrected chi connectivity index (χ2v) is 6.03. The van der Waals surface area contributed by atoms with E-state index in [9.17, 15) is 9.59 Å². The Labute approximate surface area is 140 Å².